The summed E-state index contributed by atoms with van der Waals surface area (Å²) in [5, 5.41) is 21.4. The number of carbonyl (C=O) groups is 1. The van der Waals surface area contributed by atoms with Gasteiger partial charge in [-0.3, -0.25) is 19.8 Å². The SMILES string of the molecule is Cl.O=C(CCc1ccccc1)c1ccccc1OCC(O)CN1CCN(c2ccc([N+](=O)[O-])cc2)CC1. The topological polar surface area (TPSA) is 96.2 Å². The maximum atomic E-state index is 12.8. The Morgan fingerprint density at radius 2 is 1.59 bits per heavy atom. The van der Waals surface area contributed by atoms with Crippen LogP contribution in [0.4, 0.5) is 11.4 Å². The van der Waals surface area contributed by atoms with Crippen molar-refractivity contribution >= 4 is 29.6 Å². The van der Waals surface area contributed by atoms with Crippen molar-refractivity contribution in [3.05, 3.63) is 100 Å². The fourth-order valence-corrected chi connectivity index (χ4v) is 4.37. The third-order valence-electron chi connectivity index (χ3n) is 6.37. The minimum absolute atomic E-state index is 0. The van der Waals surface area contributed by atoms with E-state index in [1.807, 2.05) is 42.5 Å². The number of ketones is 1. The molecule has 0 aliphatic carbocycles. The van der Waals surface area contributed by atoms with E-state index in [0.717, 1.165) is 37.4 Å². The molecule has 1 fully saturated rings. The number of halogens is 1. The van der Waals surface area contributed by atoms with E-state index >= 15 is 0 Å². The van der Waals surface area contributed by atoms with E-state index in [1.165, 1.54) is 12.1 Å². The van der Waals surface area contributed by atoms with Crippen LogP contribution in [-0.2, 0) is 6.42 Å². The molecule has 0 radical (unpaired) electrons. The van der Waals surface area contributed by atoms with Gasteiger partial charge in [0.1, 0.15) is 18.5 Å². The quantitative estimate of drug-likeness (QED) is 0.225. The molecule has 1 saturated heterocycles. The van der Waals surface area contributed by atoms with Crippen molar-refractivity contribution in [2.45, 2.75) is 18.9 Å². The number of aliphatic hydroxyl groups is 1. The van der Waals surface area contributed by atoms with Gasteiger partial charge in [0, 0.05) is 57.0 Å². The maximum Gasteiger partial charge on any atom is 0.269 e. The Bertz CT molecular complexity index is 1150. The molecule has 0 amide bonds. The molecule has 4 rings (SSSR count). The zero-order chi connectivity index (χ0) is 25.3. The van der Waals surface area contributed by atoms with Crippen molar-refractivity contribution in [3.8, 4) is 5.75 Å². The zero-order valence-corrected chi connectivity index (χ0v) is 21.4. The maximum absolute atomic E-state index is 12.8. The van der Waals surface area contributed by atoms with Crippen LogP contribution in [0, 0.1) is 10.1 Å². The molecule has 0 aromatic heterocycles. The van der Waals surface area contributed by atoms with Gasteiger partial charge in [0.2, 0.25) is 0 Å². The van der Waals surface area contributed by atoms with Crippen molar-refractivity contribution in [2.75, 3.05) is 44.2 Å². The molecule has 1 unspecified atom stereocenters. The molecule has 0 spiro atoms. The van der Waals surface area contributed by atoms with Gasteiger partial charge in [0.15, 0.2) is 5.78 Å². The predicted octanol–water partition coefficient (Wildman–Crippen LogP) is 4.39. The molecule has 196 valence electrons. The molecule has 1 aliphatic rings. The van der Waals surface area contributed by atoms with Crippen LogP contribution in [0.5, 0.6) is 5.75 Å². The number of carbonyl (C=O) groups excluding carboxylic acids is 1. The van der Waals surface area contributed by atoms with Crippen LogP contribution in [0.2, 0.25) is 0 Å². The highest BCUT2D eigenvalue weighted by atomic mass is 35.5. The lowest BCUT2D eigenvalue weighted by Crippen LogP contribution is -2.49. The highest BCUT2D eigenvalue weighted by Crippen LogP contribution is 2.22. The Balaban J connectivity index is 0.00000380. The molecule has 0 bridgehead atoms. The lowest BCUT2D eigenvalue weighted by Gasteiger charge is -2.36. The van der Waals surface area contributed by atoms with Gasteiger partial charge in [-0.1, -0.05) is 42.5 Å². The molecular formula is C28H32ClN3O5. The van der Waals surface area contributed by atoms with Crippen LogP contribution in [0.15, 0.2) is 78.9 Å². The number of aliphatic hydroxyl groups excluding tert-OH is 1. The standard InChI is InChI=1S/C28H31N3O5.ClH/c32-25(20-29-16-18-30(19-17-29)23-11-13-24(14-12-23)31(34)35)21-36-28-9-5-4-8-26(28)27(33)15-10-22-6-2-1-3-7-22;/h1-9,11-14,25,32H,10,15-21H2;1H. The summed E-state index contributed by atoms with van der Waals surface area (Å²) in [7, 11) is 0. The number of piperazine rings is 1. The number of Topliss-reactive ketones (excluding diaryl/α,β-unsaturated/α-hetero) is 1. The third kappa shape index (κ3) is 8.01. The van der Waals surface area contributed by atoms with Crippen LogP contribution in [0.1, 0.15) is 22.3 Å². The molecule has 1 atom stereocenters. The van der Waals surface area contributed by atoms with E-state index < -0.39 is 11.0 Å². The second kappa shape index (κ2) is 13.7. The number of aryl methyl sites for hydroxylation is 1. The van der Waals surface area contributed by atoms with E-state index in [0.29, 0.717) is 30.7 Å². The van der Waals surface area contributed by atoms with Gasteiger partial charge in [-0.05, 0) is 36.2 Å². The van der Waals surface area contributed by atoms with Gasteiger partial charge in [-0.2, -0.15) is 0 Å². The molecule has 9 heteroatoms. The van der Waals surface area contributed by atoms with Crippen molar-refractivity contribution in [1.29, 1.82) is 0 Å². The molecular weight excluding hydrogens is 494 g/mol. The largest absolute Gasteiger partial charge is 0.490 e. The number of hydrogen-bond donors (Lipinski definition) is 1. The lowest BCUT2D eigenvalue weighted by atomic mass is 10.0. The third-order valence-corrected chi connectivity index (χ3v) is 6.37. The molecule has 1 aliphatic heterocycles. The number of nitro groups is 1. The average molecular weight is 526 g/mol. The Hall–Kier alpha value is -3.46. The van der Waals surface area contributed by atoms with Crippen LogP contribution >= 0.6 is 12.4 Å². The van der Waals surface area contributed by atoms with E-state index in [-0.39, 0.29) is 30.5 Å². The molecule has 37 heavy (non-hydrogen) atoms. The summed E-state index contributed by atoms with van der Waals surface area (Å²) < 4.78 is 5.87. The van der Waals surface area contributed by atoms with Crippen LogP contribution in [0.3, 0.4) is 0 Å². The first-order valence-electron chi connectivity index (χ1n) is 12.2. The fraction of sp³-hybridized carbons (Fsp3) is 0.321. The number of β-amino-alcohol motifs (C(OH)–C–C–N with tert-alkyl or cyclic N) is 1. The summed E-state index contributed by atoms with van der Waals surface area (Å²) in [5.74, 6) is 0.518. The summed E-state index contributed by atoms with van der Waals surface area (Å²) in [6, 6.07) is 23.7. The molecule has 3 aromatic carbocycles. The number of nitro benzene ring substituents is 1. The van der Waals surface area contributed by atoms with E-state index in [1.54, 1.807) is 24.3 Å². The van der Waals surface area contributed by atoms with Gasteiger partial charge >= 0.3 is 0 Å². The highest BCUT2D eigenvalue weighted by Gasteiger charge is 2.21. The Morgan fingerprint density at radius 3 is 2.27 bits per heavy atom. The summed E-state index contributed by atoms with van der Waals surface area (Å²) in [6.45, 7) is 3.64. The number of benzene rings is 3. The number of anilines is 1. The minimum Gasteiger partial charge on any atom is -0.490 e. The first-order valence-corrected chi connectivity index (χ1v) is 12.2. The minimum atomic E-state index is -0.691. The van der Waals surface area contributed by atoms with Crippen LogP contribution in [-0.4, -0.2) is 66.1 Å². The summed E-state index contributed by atoms with van der Waals surface area (Å²) >= 11 is 0. The normalized spacial score (nSPS) is 14.5. The van der Waals surface area contributed by atoms with Crippen molar-refractivity contribution < 1.29 is 19.6 Å². The van der Waals surface area contributed by atoms with Crippen molar-refractivity contribution in [2.24, 2.45) is 0 Å². The number of non-ortho nitro benzene ring substituents is 1. The Morgan fingerprint density at radius 1 is 0.946 bits per heavy atom. The first kappa shape index (κ1) is 28.1. The predicted molar refractivity (Wildman–Crippen MR) is 146 cm³/mol. The molecule has 0 saturated carbocycles. The summed E-state index contributed by atoms with van der Waals surface area (Å²) in [5.41, 5.74) is 2.70. The van der Waals surface area contributed by atoms with Crippen molar-refractivity contribution in [1.82, 2.24) is 4.90 Å². The van der Waals surface area contributed by atoms with Gasteiger partial charge in [-0.15, -0.1) is 12.4 Å². The van der Waals surface area contributed by atoms with Gasteiger partial charge < -0.3 is 14.7 Å². The molecule has 3 aromatic rings. The van der Waals surface area contributed by atoms with Crippen LogP contribution < -0.4 is 9.64 Å². The number of para-hydroxylation sites is 1. The van der Waals surface area contributed by atoms with Crippen molar-refractivity contribution in [3.63, 3.8) is 0 Å². The average Bonchev–Trinajstić information content (AvgIpc) is 2.92. The van der Waals surface area contributed by atoms with Gasteiger partial charge in [0.05, 0.1) is 10.5 Å². The summed E-state index contributed by atoms with van der Waals surface area (Å²) in [6.07, 6.45) is 0.373. The second-order valence-corrected chi connectivity index (χ2v) is 8.93. The van der Waals surface area contributed by atoms with Gasteiger partial charge in [0.25, 0.3) is 5.69 Å². The highest BCUT2D eigenvalue weighted by molar-refractivity contribution is 5.98. The Labute approximate surface area is 223 Å². The monoisotopic (exact) mass is 525 g/mol. The Kier molecular flexibility index (Phi) is 10.4. The number of ether oxygens (including phenoxy) is 1. The smallest absolute Gasteiger partial charge is 0.269 e. The molecule has 1 N–H and O–H groups in total. The van der Waals surface area contributed by atoms with E-state index in [2.05, 4.69) is 9.80 Å². The van der Waals surface area contributed by atoms with Gasteiger partial charge in [-0.25, -0.2) is 0 Å². The van der Waals surface area contributed by atoms with E-state index in [4.69, 9.17) is 4.74 Å². The van der Waals surface area contributed by atoms with Crippen LogP contribution in [0.25, 0.3) is 0 Å². The number of hydrogen-bond acceptors (Lipinski definition) is 7. The summed E-state index contributed by atoms with van der Waals surface area (Å²) in [4.78, 5) is 27.6. The number of rotatable bonds is 11. The zero-order valence-electron chi connectivity index (χ0n) is 20.6. The fourth-order valence-electron chi connectivity index (χ4n) is 4.37. The number of nitrogens with zero attached hydrogens (tertiary/aromatic N) is 3. The molecule has 8 nitrogen and oxygen atoms in total. The lowest BCUT2D eigenvalue weighted by molar-refractivity contribution is -0.384. The molecule has 1 heterocycles. The second-order valence-electron chi connectivity index (χ2n) is 8.93. The van der Waals surface area contributed by atoms with E-state index in [9.17, 15) is 20.0 Å². The first-order chi connectivity index (χ1) is 17.5.